The summed E-state index contributed by atoms with van der Waals surface area (Å²) in [5, 5.41) is 3.31. The molecule has 4 heteroatoms. The summed E-state index contributed by atoms with van der Waals surface area (Å²) in [6.45, 7) is 1.32. The number of alkyl halides is 2. The molecule has 2 nitrogen and oxygen atoms in total. The number of hydrogen-bond donors (Lipinski definition) is 1. The van der Waals surface area contributed by atoms with Crippen molar-refractivity contribution in [3.8, 4) is 5.75 Å². The highest BCUT2D eigenvalue weighted by molar-refractivity contribution is 5.36. The summed E-state index contributed by atoms with van der Waals surface area (Å²) in [6.07, 6.45) is -0.361. The third-order valence-electron chi connectivity index (χ3n) is 2.67. The van der Waals surface area contributed by atoms with Crippen LogP contribution in [-0.4, -0.2) is 19.6 Å². The summed E-state index contributed by atoms with van der Waals surface area (Å²) in [5.74, 6) is 0.543. The number of benzene rings is 1. The first-order chi connectivity index (χ1) is 7.75. The van der Waals surface area contributed by atoms with Crippen LogP contribution in [0.5, 0.6) is 5.75 Å². The first kappa shape index (κ1) is 11.3. The van der Waals surface area contributed by atoms with Crippen molar-refractivity contribution in [2.75, 3.05) is 13.2 Å². The van der Waals surface area contributed by atoms with Crippen LogP contribution in [0.4, 0.5) is 8.78 Å². The number of hydrogen-bond acceptors (Lipinski definition) is 2. The van der Waals surface area contributed by atoms with Gasteiger partial charge in [-0.25, -0.2) is 8.78 Å². The molecule has 2 rings (SSSR count). The number of ether oxygens (including phenoxy) is 1. The molecule has 1 heterocycles. The van der Waals surface area contributed by atoms with Gasteiger partial charge in [0, 0.05) is 6.54 Å². The highest BCUT2D eigenvalue weighted by Gasteiger charge is 2.09. The Morgan fingerprint density at radius 3 is 3.00 bits per heavy atom. The van der Waals surface area contributed by atoms with Gasteiger partial charge in [0.25, 0.3) is 6.43 Å². The fraction of sp³-hybridized carbons (Fsp3) is 0.500. The van der Waals surface area contributed by atoms with Crippen molar-refractivity contribution in [1.29, 1.82) is 0 Å². The van der Waals surface area contributed by atoms with Crippen molar-refractivity contribution < 1.29 is 13.5 Å². The minimum absolute atomic E-state index is 0.531. The van der Waals surface area contributed by atoms with E-state index in [1.54, 1.807) is 6.07 Å². The maximum Gasteiger partial charge on any atom is 0.272 e. The van der Waals surface area contributed by atoms with Crippen LogP contribution in [0, 0.1) is 0 Å². The molecular formula is C12H15F2NO. The molecule has 0 aliphatic carbocycles. The van der Waals surface area contributed by atoms with Gasteiger partial charge >= 0.3 is 0 Å². The molecule has 1 aliphatic heterocycles. The lowest BCUT2D eigenvalue weighted by Gasteiger charge is -2.10. The van der Waals surface area contributed by atoms with E-state index in [4.69, 9.17) is 4.74 Å². The standard InChI is InChI=1S/C12H15F2NO/c13-12(14)8-16-11-4-3-10-7-15-5-1-2-9(10)6-11/h3-4,6,12,15H,1-2,5,7-8H2. The fourth-order valence-electron chi connectivity index (χ4n) is 1.88. The van der Waals surface area contributed by atoms with Crippen molar-refractivity contribution >= 4 is 0 Å². The molecule has 1 N–H and O–H groups in total. The van der Waals surface area contributed by atoms with Crippen molar-refractivity contribution in [3.63, 3.8) is 0 Å². The van der Waals surface area contributed by atoms with Gasteiger partial charge < -0.3 is 10.1 Å². The predicted octanol–water partition coefficient (Wildman–Crippen LogP) is 2.37. The lowest BCUT2D eigenvalue weighted by molar-refractivity contribution is 0.0818. The van der Waals surface area contributed by atoms with E-state index in [1.807, 2.05) is 12.1 Å². The van der Waals surface area contributed by atoms with Crippen LogP contribution in [0.1, 0.15) is 17.5 Å². The third kappa shape index (κ3) is 2.92. The van der Waals surface area contributed by atoms with E-state index in [0.717, 1.165) is 25.9 Å². The van der Waals surface area contributed by atoms with Crippen LogP contribution < -0.4 is 10.1 Å². The number of rotatable bonds is 3. The van der Waals surface area contributed by atoms with Crippen LogP contribution >= 0.6 is 0 Å². The summed E-state index contributed by atoms with van der Waals surface area (Å²) in [7, 11) is 0. The Bertz CT molecular complexity index is 355. The number of fused-ring (bicyclic) bond motifs is 1. The SMILES string of the molecule is FC(F)COc1ccc2c(c1)CCCNC2. The van der Waals surface area contributed by atoms with E-state index in [9.17, 15) is 8.78 Å². The average molecular weight is 227 g/mol. The van der Waals surface area contributed by atoms with Crippen molar-refractivity contribution in [3.05, 3.63) is 29.3 Å². The molecule has 1 aliphatic rings. The first-order valence-electron chi connectivity index (χ1n) is 5.49. The van der Waals surface area contributed by atoms with Gasteiger partial charge in [0.2, 0.25) is 0 Å². The van der Waals surface area contributed by atoms with Crippen LogP contribution in [0.3, 0.4) is 0 Å². The van der Waals surface area contributed by atoms with Gasteiger partial charge in [-0.1, -0.05) is 6.07 Å². The number of aryl methyl sites for hydroxylation is 1. The Morgan fingerprint density at radius 2 is 2.19 bits per heavy atom. The molecule has 1 aromatic rings. The molecule has 0 radical (unpaired) electrons. The second-order valence-electron chi connectivity index (χ2n) is 3.91. The first-order valence-corrected chi connectivity index (χ1v) is 5.49. The number of halogens is 2. The third-order valence-corrected chi connectivity index (χ3v) is 2.67. The van der Waals surface area contributed by atoms with E-state index in [1.165, 1.54) is 11.1 Å². The molecule has 0 amide bonds. The molecule has 16 heavy (non-hydrogen) atoms. The maximum atomic E-state index is 12.0. The highest BCUT2D eigenvalue weighted by Crippen LogP contribution is 2.21. The molecular weight excluding hydrogens is 212 g/mol. The van der Waals surface area contributed by atoms with Gasteiger partial charge in [-0.15, -0.1) is 0 Å². The summed E-state index contributed by atoms with van der Waals surface area (Å²) in [5.41, 5.74) is 2.44. The second kappa shape index (κ2) is 5.25. The summed E-state index contributed by atoms with van der Waals surface area (Å²) < 4.78 is 29.0. The molecule has 0 atom stereocenters. The van der Waals surface area contributed by atoms with Crippen molar-refractivity contribution in [2.45, 2.75) is 25.8 Å². The van der Waals surface area contributed by atoms with Crippen LogP contribution in [0.2, 0.25) is 0 Å². The second-order valence-corrected chi connectivity index (χ2v) is 3.91. The van der Waals surface area contributed by atoms with Crippen molar-refractivity contribution in [1.82, 2.24) is 5.32 Å². The molecule has 1 aromatic carbocycles. The summed E-state index contributed by atoms with van der Waals surface area (Å²) >= 11 is 0. The van der Waals surface area contributed by atoms with E-state index in [0.29, 0.717) is 5.75 Å². The average Bonchev–Trinajstić information content (AvgIpc) is 2.50. The normalized spacial score (nSPS) is 15.7. The van der Waals surface area contributed by atoms with Crippen LogP contribution in [-0.2, 0) is 13.0 Å². The molecule has 0 saturated heterocycles. The molecule has 0 bridgehead atoms. The van der Waals surface area contributed by atoms with E-state index < -0.39 is 13.0 Å². The maximum absolute atomic E-state index is 12.0. The van der Waals surface area contributed by atoms with Gasteiger partial charge in [0.1, 0.15) is 12.4 Å². The summed E-state index contributed by atoms with van der Waals surface area (Å²) in [6, 6.07) is 5.59. The molecule has 88 valence electrons. The van der Waals surface area contributed by atoms with Gasteiger partial charge in [0.15, 0.2) is 0 Å². The van der Waals surface area contributed by atoms with Gasteiger partial charge in [-0.2, -0.15) is 0 Å². The fourth-order valence-corrected chi connectivity index (χ4v) is 1.88. The lowest BCUT2D eigenvalue weighted by Crippen LogP contribution is -2.12. The van der Waals surface area contributed by atoms with E-state index in [2.05, 4.69) is 5.32 Å². The molecule has 0 fully saturated rings. The Labute approximate surface area is 93.6 Å². The van der Waals surface area contributed by atoms with Gasteiger partial charge in [0.05, 0.1) is 0 Å². The van der Waals surface area contributed by atoms with Crippen molar-refractivity contribution in [2.24, 2.45) is 0 Å². The van der Waals surface area contributed by atoms with Gasteiger partial charge in [-0.3, -0.25) is 0 Å². The Balaban J connectivity index is 2.08. The summed E-state index contributed by atoms with van der Waals surface area (Å²) in [4.78, 5) is 0. The monoisotopic (exact) mass is 227 g/mol. The number of nitrogens with one attached hydrogen (secondary N) is 1. The zero-order valence-corrected chi connectivity index (χ0v) is 9.01. The van der Waals surface area contributed by atoms with Crippen LogP contribution in [0.25, 0.3) is 0 Å². The largest absolute Gasteiger partial charge is 0.488 e. The zero-order chi connectivity index (χ0) is 11.4. The molecule has 0 spiro atoms. The van der Waals surface area contributed by atoms with E-state index >= 15 is 0 Å². The minimum atomic E-state index is -2.42. The minimum Gasteiger partial charge on any atom is -0.488 e. The van der Waals surface area contributed by atoms with Crippen LogP contribution in [0.15, 0.2) is 18.2 Å². The van der Waals surface area contributed by atoms with E-state index in [-0.39, 0.29) is 0 Å². The van der Waals surface area contributed by atoms with Gasteiger partial charge in [-0.05, 0) is 42.6 Å². The zero-order valence-electron chi connectivity index (χ0n) is 9.01. The smallest absolute Gasteiger partial charge is 0.272 e. The highest BCUT2D eigenvalue weighted by atomic mass is 19.3. The predicted molar refractivity (Wildman–Crippen MR) is 58.0 cm³/mol. The Morgan fingerprint density at radius 1 is 1.31 bits per heavy atom. The topological polar surface area (TPSA) is 21.3 Å². The Kier molecular flexibility index (Phi) is 3.72. The lowest BCUT2D eigenvalue weighted by atomic mass is 10.0. The molecule has 0 saturated carbocycles. The Hall–Kier alpha value is -1.16. The molecule has 0 unspecified atom stereocenters. The molecule has 0 aromatic heterocycles. The quantitative estimate of drug-likeness (QED) is 0.856.